The van der Waals surface area contributed by atoms with Gasteiger partial charge in [0.05, 0.1) is 10.7 Å². The van der Waals surface area contributed by atoms with Crippen molar-refractivity contribution in [3.05, 3.63) is 70.6 Å². The maximum Gasteiger partial charge on any atom is 0.155 e. The molecule has 3 aromatic rings. The molecule has 0 unspecified atom stereocenters. The maximum atomic E-state index is 6.19. The second-order valence-electron chi connectivity index (χ2n) is 4.68. The molecule has 110 valence electrons. The molecule has 0 radical (unpaired) electrons. The molecule has 3 nitrogen and oxygen atoms in total. The molecule has 0 aliphatic heterocycles. The van der Waals surface area contributed by atoms with Crippen LogP contribution in [0.2, 0.25) is 10.2 Å². The van der Waals surface area contributed by atoms with Crippen molar-refractivity contribution >= 4 is 23.2 Å². The van der Waals surface area contributed by atoms with E-state index in [9.17, 15) is 0 Å². The molecule has 0 N–H and O–H groups in total. The summed E-state index contributed by atoms with van der Waals surface area (Å²) in [6, 6.07) is 14.9. The minimum atomic E-state index is 0.366. The van der Waals surface area contributed by atoms with Crippen molar-refractivity contribution in [2.24, 2.45) is 0 Å². The van der Waals surface area contributed by atoms with Crippen molar-refractivity contribution in [1.82, 2.24) is 9.97 Å². The van der Waals surface area contributed by atoms with Crippen LogP contribution in [0.25, 0.3) is 11.3 Å². The van der Waals surface area contributed by atoms with Crippen molar-refractivity contribution in [2.75, 3.05) is 0 Å². The summed E-state index contributed by atoms with van der Waals surface area (Å²) in [7, 11) is 0. The molecular formula is C17H12Cl2N2O. The highest BCUT2D eigenvalue weighted by Gasteiger charge is 2.12. The van der Waals surface area contributed by atoms with E-state index in [1.807, 2.05) is 37.3 Å². The summed E-state index contributed by atoms with van der Waals surface area (Å²) in [6.45, 7) is 1.86. The van der Waals surface area contributed by atoms with E-state index in [1.54, 1.807) is 24.4 Å². The summed E-state index contributed by atoms with van der Waals surface area (Å²) >= 11 is 12.1. The molecule has 0 aliphatic rings. The van der Waals surface area contributed by atoms with Gasteiger partial charge in [-0.15, -0.1) is 0 Å². The number of aromatic nitrogens is 2. The first-order valence-corrected chi connectivity index (χ1v) is 7.41. The van der Waals surface area contributed by atoms with Gasteiger partial charge in [0.1, 0.15) is 16.6 Å². The Bertz CT molecular complexity index is 807. The van der Waals surface area contributed by atoms with Crippen molar-refractivity contribution in [3.8, 4) is 22.8 Å². The Labute approximate surface area is 138 Å². The Hall–Kier alpha value is -2.10. The number of ether oxygens (including phenoxy) is 1. The standard InChI is InChI=1S/C17H12Cl2N2O/c1-11-14(18)10-15(22-13-7-8-20-16(19)9-13)17(21-11)12-5-3-2-4-6-12/h2-10H,1H3. The molecule has 3 rings (SSSR count). The Morgan fingerprint density at radius 2 is 1.77 bits per heavy atom. The van der Waals surface area contributed by atoms with Crippen LogP contribution in [0.1, 0.15) is 5.69 Å². The van der Waals surface area contributed by atoms with E-state index in [1.165, 1.54) is 0 Å². The minimum absolute atomic E-state index is 0.366. The van der Waals surface area contributed by atoms with Gasteiger partial charge in [-0.3, -0.25) is 0 Å². The molecular weight excluding hydrogens is 319 g/mol. The zero-order chi connectivity index (χ0) is 15.5. The number of hydrogen-bond acceptors (Lipinski definition) is 3. The van der Waals surface area contributed by atoms with Crippen molar-refractivity contribution in [1.29, 1.82) is 0 Å². The van der Waals surface area contributed by atoms with Crippen LogP contribution in [-0.4, -0.2) is 9.97 Å². The van der Waals surface area contributed by atoms with Gasteiger partial charge in [-0.25, -0.2) is 9.97 Å². The van der Waals surface area contributed by atoms with Gasteiger partial charge in [0, 0.05) is 23.9 Å². The predicted molar refractivity (Wildman–Crippen MR) is 88.7 cm³/mol. The van der Waals surface area contributed by atoms with Gasteiger partial charge in [-0.05, 0) is 13.0 Å². The third kappa shape index (κ3) is 3.21. The van der Waals surface area contributed by atoms with Gasteiger partial charge in [0.2, 0.25) is 0 Å². The Balaban J connectivity index is 2.08. The third-order valence-electron chi connectivity index (χ3n) is 3.09. The van der Waals surface area contributed by atoms with Crippen LogP contribution < -0.4 is 4.74 Å². The van der Waals surface area contributed by atoms with Gasteiger partial charge < -0.3 is 4.74 Å². The van der Waals surface area contributed by atoms with E-state index in [-0.39, 0.29) is 0 Å². The van der Waals surface area contributed by atoms with E-state index in [0.717, 1.165) is 17.0 Å². The van der Waals surface area contributed by atoms with E-state index in [0.29, 0.717) is 21.7 Å². The second kappa shape index (κ2) is 6.34. The van der Waals surface area contributed by atoms with Crippen LogP contribution in [0.4, 0.5) is 0 Å². The fourth-order valence-corrected chi connectivity index (χ4v) is 2.33. The monoisotopic (exact) mass is 330 g/mol. The lowest BCUT2D eigenvalue weighted by atomic mass is 10.1. The smallest absolute Gasteiger partial charge is 0.155 e. The van der Waals surface area contributed by atoms with Crippen LogP contribution in [0, 0.1) is 6.92 Å². The lowest BCUT2D eigenvalue weighted by molar-refractivity contribution is 0.481. The van der Waals surface area contributed by atoms with E-state index in [2.05, 4.69) is 9.97 Å². The zero-order valence-electron chi connectivity index (χ0n) is 11.8. The number of hydrogen-bond donors (Lipinski definition) is 0. The van der Waals surface area contributed by atoms with Gasteiger partial charge in [-0.1, -0.05) is 53.5 Å². The summed E-state index contributed by atoms with van der Waals surface area (Å²) in [4.78, 5) is 8.49. The van der Waals surface area contributed by atoms with E-state index >= 15 is 0 Å². The van der Waals surface area contributed by atoms with Crippen molar-refractivity contribution < 1.29 is 4.74 Å². The van der Waals surface area contributed by atoms with Crippen LogP contribution in [0.5, 0.6) is 11.5 Å². The Morgan fingerprint density at radius 3 is 2.50 bits per heavy atom. The van der Waals surface area contributed by atoms with Gasteiger partial charge in [0.15, 0.2) is 5.75 Å². The van der Waals surface area contributed by atoms with E-state index < -0.39 is 0 Å². The molecule has 0 atom stereocenters. The molecule has 0 fully saturated rings. The lowest BCUT2D eigenvalue weighted by Gasteiger charge is -2.12. The number of rotatable bonds is 3. The fraction of sp³-hybridized carbons (Fsp3) is 0.0588. The quantitative estimate of drug-likeness (QED) is 0.590. The molecule has 1 aromatic carbocycles. The van der Waals surface area contributed by atoms with Crippen LogP contribution >= 0.6 is 23.2 Å². The topological polar surface area (TPSA) is 35.0 Å². The number of aryl methyl sites for hydroxylation is 1. The summed E-state index contributed by atoms with van der Waals surface area (Å²) in [6.07, 6.45) is 1.59. The molecule has 0 amide bonds. The molecule has 2 heterocycles. The first-order valence-electron chi connectivity index (χ1n) is 6.65. The molecule has 5 heteroatoms. The Morgan fingerprint density at radius 1 is 1.00 bits per heavy atom. The zero-order valence-corrected chi connectivity index (χ0v) is 13.3. The molecule has 0 bridgehead atoms. The summed E-state index contributed by atoms with van der Waals surface area (Å²) in [5.74, 6) is 1.16. The highest BCUT2D eigenvalue weighted by atomic mass is 35.5. The summed E-state index contributed by atoms with van der Waals surface area (Å²) in [5.41, 5.74) is 2.44. The Kier molecular flexibility index (Phi) is 4.27. The summed E-state index contributed by atoms with van der Waals surface area (Å²) < 4.78 is 5.91. The second-order valence-corrected chi connectivity index (χ2v) is 5.48. The largest absolute Gasteiger partial charge is 0.455 e. The number of pyridine rings is 2. The van der Waals surface area contributed by atoms with E-state index in [4.69, 9.17) is 27.9 Å². The van der Waals surface area contributed by atoms with Crippen LogP contribution in [-0.2, 0) is 0 Å². The predicted octanol–water partition coefficient (Wildman–Crippen LogP) is 5.55. The van der Waals surface area contributed by atoms with Gasteiger partial charge in [0.25, 0.3) is 0 Å². The maximum absolute atomic E-state index is 6.19. The average molecular weight is 331 g/mol. The first-order chi connectivity index (χ1) is 10.6. The molecule has 0 saturated carbocycles. The number of nitrogens with zero attached hydrogens (tertiary/aromatic N) is 2. The fourth-order valence-electron chi connectivity index (χ4n) is 2.02. The normalized spacial score (nSPS) is 10.5. The highest BCUT2D eigenvalue weighted by molar-refractivity contribution is 6.31. The molecule has 0 spiro atoms. The van der Waals surface area contributed by atoms with Gasteiger partial charge >= 0.3 is 0 Å². The van der Waals surface area contributed by atoms with Crippen LogP contribution in [0.15, 0.2) is 54.7 Å². The van der Waals surface area contributed by atoms with Crippen LogP contribution in [0.3, 0.4) is 0 Å². The van der Waals surface area contributed by atoms with Crippen molar-refractivity contribution in [3.63, 3.8) is 0 Å². The molecule has 0 aliphatic carbocycles. The highest BCUT2D eigenvalue weighted by Crippen LogP contribution is 2.35. The molecule has 0 saturated heterocycles. The summed E-state index contributed by atoms with van der Waals surface area (Å²) in [5, 5.41) is 0.916. The molecule has 22 heavy (non-hydrogen) atoms. The number of halogens is 2. The first kappa shape index (κ1) is 14.8. The SMILES string of the molecule is Cc1nc(-c2ccccc2)c(Oc2ccnc(Cl)c2)cc1Cl. The number of benzene rings is 1. The minimum Gasteiger partial charge on any atom is -0.455 e. The van der Waals surface area contributed by atoms with Gasteiger partial charge in [-0.2, -0.15) is 0 Å². The lowest BCUT2D eigenvalue weighted by Crippen LogP contribution is -1.95. The molecule has 2 aromatic heterocycles. The average Bonchev–Trinajstić information content (AvgIpc) is 2.51. The van der Waals surface area contributed by atoms with Crippen molar-refractivity contribution in [2.45, 2.75) is 6.92 Å². The third-order valence-corrected chi connectivity index (χ3v) is 3.68.